The number of carbonyl (C=O) groups excluding carboxylic acids is 2. The van der Waals surface area contributed by atoms with Gasteiger partial charge in [0.2, 0.25) is 11.8 Å². The maximum Gasteiger partial charge on any atom is 0.264 e. The Labute approximate surface area is 177 Å². The Morgan fingerprint density at radius 2 is 2.10 bits per heavy atom. The van der Waals surface area contributed by atoms with Crippen LogP contribution in [0.1, 0.15) is 43.0 Å². The summed E-state index contributed by atoms with van der Waals surface area (Å²) in [6.45, 7) is 4.93. The van der Waals surface area contributed by atoms with E-state index in [0.29, 0.717) is 29.6 Å². The first-order valence-electron chi connectivity index (χ1n) is 10.7. The van der Waals surface area contributed by atoms with Crippen LogP contribution in [0, 0.1) is 0 Å². The highest BCUT2D eigenvalue weighted by Crippen LogP contribution is 2.37. The van der Waals surface area contributed by atoms with Gasteiger partial charge in [-0.15, -0.1) is 0 Å². The molecule has 2 aromatic rings. The molecule has 2 amide bonds. The molecular formula is C23H28N4O3. The highest BCUT2D eigenvalue weighted by Gasteiger charge is 2.30. The summed E-state index contributed by atoms with van der Waals surface area (Å²) in [6.07, 6.45) is 6.30. The number of ether oxygens (including phenoxy) is 1. The molecule has 7 nitrogen and oxygen atoms in total. The van der Waals surface area contributed by atoms with Gasteiger partial charge in [0.25, 0.3) is 5.91 Å². The van der Waals surface area contributed by atoms with Gasteiger partial charge in [-0.05, 0) is 57.0 Å². The maximum absolute atomic E-state index is 13.1. The molecule has 30 heavy (non-hydrogen) atoms. The van der Waals surface area contributed by atoms with Gasteiger partial charge in [-0.25, -0.2) is 4.98 Å². The number of anilines is 1. The molecule has 1 aromatic carbocycles. The summed E-state index contributed by atoms with van der Waals surface area (Å²) in [7, 11) is 0. The fraction of sp³-hybridized carbons (Fsp3) is 0.435. The number of hydrogen-bond donors (Lipinski definition) is 1. The number of fused-ring (bicyclic) bond motifs is 2. The number of aromatic nitrogens is 1. The number of nitrogens with zero attached hydrogens (tertiary/aromatic N) is 3. The van der Waals surface area contributed by atoms with Crippen LogP contribution in [-0.4, -0.2) is 53.9 Å². The topological polar surface area (TPSA) is 74.8 Å². The Bertz CT molecular complexity index is 917. The molecule has 1 atom stereocenters. The first-order chi connectivity index (χ1) is 14.6. The molecule has 1 fully saturated rings. The van der Waals surface area contributed by atoms with Gasteiger partial charge in [0.15, 0.2) is 5.75 Å². The number of hydrogen-bond acceptors (Lipinski definition) is 5. The predicted octanol–water partition coefficient (Wildman–Crippen LogP) is 3.21. The van der Waals surface area contributed by atoms with Gasteiger partial charge in [-0.2, -0.15) is 0 Å². The second-order valence-corrected chi connectivity index (χ2v) is 7.90. The van der Waals surface area contributed by atoms with Crippen molar-refractivity contribution < 1.29 is 14.3 Å². The maximum atomic E-state index is 13.1. The molecule has 2 aliphatic rings. The molecule has 7 heteroatoms. The zero-order valence-electron chi connectivity index (χ0n) is 17.3. The average Bonchev–Trinajstić information content (AvgIpc) is 2.87. The highest BCUT2D eigenvalue weighted by atomic mass is 16.5. The Morgan fingerprint density at radius 3 is 2.97 bits per heavy atom. The van der Waals surface area contributed by atoms with E-state index < -0.39 is 0 Å². The Kier molecular flexibility index (Phi) is 6.28. The van der Waals surface area contributed by atoms with Crippen molar-refractivity contribution in [1.82, 2.24) is 15.2 Å². The number of amides is 2. The van der Waals surface area contributed by atoms with Gasteiger partial charge >= 0.3 is 0 Å². The van der Waals surface area contributed by atoms with Gasteiger partial charge in [-0.1, -0.05) is 18.6 Å². The molecule has 2 aliphatic heterocycles. The van der Waals surface area contributed by atoms with E-state index in [0.717, 1.165) is 19.5 Å². The molecule has 0 saturated carbocycles. The van der Waals surface area contributed by atoms with E-state index in [1.807, 2.05) is 12.1 Å². The van der Waals surface area contributed by atoms with Crippen molar-refractivity contribution in [2.75, 3.05) is 31.1 Å². The lowest BCUT2D eigenvalue weighted by molar-refractivity contribution is -0.119. The lowest BCUT2D eigenvalue weighted by Gasteiger charge is -2.33. The largest absolute Gasteiger partial charge is 0.436 e. The number of likely N-dealkylation sites (tertiary alicyclic amines) is 1. The number of rotatable bonds is 6. The Morgan fingerprint density at radius 1 is 1.23 bits per heavy atom. The SMILES string of the molecule is C[C@@H]1CCCCN1CCCNC(=O)CN1C(=O)c2cccnc2Oc2ccccc21. The van der Waals surface area contributed by atoms with Crippen LogP contribution in [0.25, 0.3) is 0 Å². The molecule has 1 N–H and O–H groups in total. The molecule has 0 unspecified atom stereocenters. The summed E-state index contributed by atoms with van der Waals surface area (Å²) in [5, 5.41) is 2.96. The van der Waals surface area contributed by atoms with Crippen LogP contribution in [0.3, 0.4) is 0 Å². The Hall–Kier alpha value is -2.93. The van der Waals surface area contributed by atoms with Gasteiger partial charge in [0, 0.05) is 25.3 Å². The van der Waals surface area contributed by atoms with Gasteiger partial charge in [-0.3, -0.25) is 14.5 Å². The lowest BCUT2D eigenvalue weighted by Crippen LogP contribution is -2.42. The van der Waals surface area contributed by atoms with Gasteiger partial charge < -0.3 is 15.0 Å². The number of nitrogens with one attached hydrogen (secondary N) is 1. The first kappa shape index (κ1) is 20.3. The van der Waals surface area contributed by atoms with E-state index in [-0.39, 0.29) is 24.2 Å². The minimum absolute atomic E-state index is 0.0618. The van der Waals surface area contributed by atoms with Gasteiger partial charge in [0.05, 0.1) is 5.69 Å². The fourth-order valence-corrected chi connectivity index (χ4v) is 4.12. The minimum Gasteiger partial charge on any atom is -0.436 e. The second-order valence-electron chi connectivity index (χ2n) is 7.90. The van der Waals surface area contributed by atoms with Crippen LogP contribution >= 0.6 is 0 Å². The molecule has 4 rings (SSSR count). The third-order valence-corrected chi connectivity index (χ3v) is 5.80. The van der Waals surface area contributed by atoms with E-state index in [1.54, 1.807) is 30.5 Å². The molecule has 0 aliphatic carbocycles. The molecule has 3 heterocycles. The normalized spacial score (nSPS) is 18.8. The number of para-hydroxylation sites is 2. The van der Waals surface area contributed by atoms with Crippen molar-refractivity contribution in [3.8, 4) is 11.6 Å². The van der Waals surface area contributed by atoms with Crippen LogP contribution in [0.2, 0.25) is 0 Å². The smallest absolute Gasteiger partial charge is 0.264 e. The van der Waals surface area contributed by atoms with Crippen molar-refractivity contribution in [1.29, 1.82) is 0 Å². The molecule has 158 valence electrons. The number of piperidine rings is 1. The zero-order valence-corrected chi connectivity index (χ0v) is 17.3. The molecule has 0 radical (unpaired) electrons. The molecule has 0 spiro atoms. The molecule has 1 saturated heterocycles. The summed E-state index contributed by atoms with van der Waals surface area (Å²) in [4.78, 5) is 33.9. The van der Waals surface area contributed by atoms with Crippen LogP contribution in [-0.2, 0) is 4.79 Å². The predicted molar refractivity (Wildman–Crippen MR) is 115 cm³/mol. The molecule has 1 aromatic heterocycles. The molecule has 0 bridgehead atoms. The summed E-state index contributed by atoms with van der Waals surface area (Å²) < 4.78 is 5.85. The lowest BCUT2D eigenvalue weighted by atomic mass is 10.0. The van der Waals surface area contributed by atoms with Gasteiger partial charge in [0.1, 0.15) is 12.1 Å². The monoisotopic (exact) mass is 408 g/mol. The fourth-order valence-electron chi connectivity index (χ4n) is 4.12. The van der Waals surface area contributed by atoms with E-state index in [2.05, 4.69) is 22.1 Å². The zero-order chi connectivity index (χ0) is 20.9. The van der Waals surface area contributed by atoms with Crippen LogP contribution in [0.15, 0.2) is 42.6 Å². The van der Waals surface area contributed by atoms with Crippen LogP contribution < -0.4 is 15.0 Å². The van der Waals surface area contributed by atoms with E-state index in [1.165, 1.54) is 24.2 Å². The van der Waals surface area contributed by atoms with Crippen molar-refractivity contribution >= 4 is 17.5 Å². The van der Waals surface area contributed by atoms with Crippen molar-refractivity contribution in [2.45, 2.75) is 38.6 Å². The van der Waals surface area contributed by atoms with E-state index >= 15 is 0 Å². The summed E-state index contributed by atoms with van der Waals surface area (Å²) in [5.74, 6) is 0.293. The quantitative estimate of drug-likeness (QED) is 0.743. The number of pyridine rings is 1. The molecular weight excluding hydrogens is 380 g/mol. The summed E-state index contributed by atoms with van der Waals surface area (Å²) in [6, 6.07) is 11.2. The van der Waals surface area contributed by atoms with E-state index in [9.17, 15) is 9.59 Å². The number of benzene rings is 1. The first-order valence-corrected chi connectivity index (χ1v) is 10.7. The standard InChI is InChI=1S/C23H28N4O3/c1-17-8-4-5-14-26(17)15-7-13-24-21(28)16-27-19-10-2-3-11-20(19)30-22-18(23(27)29)9-6-12-25-22/h2-3,6,9-12,17H,4-5,7-8,13-16H2,1H3,(H,24,28)/t17-/m1/s1. The van der Waals surface area contributed by atoms with Crippen molar-refractivity contribution in [3.63, 3.8) is 0 Å². The summed E-state index contributed by atoms with van der Waals surface area (Å²) >= 11 is 0. The van der Waals surface area contributed by atoms with Crippen LogP contribution in [0.4, 0.5) is 5.69 Å². The summed E-state index contributed by atoms with van der Waals surface area (Å²) in [5.41, 5.74) is 0.915. The highest BCUT2D eigenvalue weighted by molar-refractivity contribution is 6.11. The Balaban J connectivity index is 1.39. The third kappa shape index (κ3) is 4.46. The number of carbonyl (C=O) groups is 2. The van der Waals surface area contributed by atoms with Crippen LogP contribution in [0.5, 0.6) is 11.6 Å². The van der Waals surface area contributed by atoms with Crippen molar-refractivity contribution in [2.24, 2.45) is 0 Å². The second kappa shape index (κ2) is 9.26. The third-order valence-electron chi connectivity index (χ3n) is 5.80. The minimum atomic E-state index is -0.291. The average molecular weight is 409 g/mol. The van der Waals surface area contributed by atoms with E-state index in [4.69, 9.17) is 4.74 Å². The van der Waals surface area contributed by atoms with Crippen molar-refractivity contribution in [3.05, 3.63) is 48.2 Å².